The van der Waals surface area contributed by atoms with Gasteiger partial charge in [-0.2, -0.15) is 0 Å². The summed E-state index contributed by atoms with van der Waals surface area (Å²) in [7, 11) is -2.43. The molecule has 0 aliphatic heterocycles. The number of methoxy groups -OCH3 is 1. The molecule has 21 heavy (non-hydrogen) atoms. The van der Waals surface area contributed by atoms with Crippen molar-refractivity contribution in [1.82, 2.24) is 4.98 Å². The summed E-state index contributed by atoms with van der Waals surface area (Å²) in [5.74, 6) is 0.462. The van der Waals surface area contributed by atoms with E-state index in [9.17, 15) is 8.42 Å². The van der Waals surface area contributed by atoms with Crippen LogP contribution in [0, 0.1) is 0 Å². The highest BCUT2D eigenvalue weighted by Gasteiger charge is 2.18. The Bertz CT molecular complexity index is 781. The average Bonchev–Trinajstić information content (AvgIpc) is 2.44. The number of pyridine rings is 1. The summed E-state index contributed by atoms with van der Waals surface area (Å²) in [4.78, 5) is 3.57. The van der Waals surface area contributed by atoms with E-state index in [0.717, 1.165) is 6.20 Å². The molecule has 5 nitrogen and oxygen atoms in total. The van der Waals surface area contributed by atoms with Gasteiger partial charge in [-0.25, -0.2) is 13.4 Å². The normalized spacial score (nSPS) is 11.2. The Morgan fingerprint density at radius 1 is 1.14 bits per heavy atom. The maximum Gasteiger partial charge on any atom is 0.263 e. The minimum absolute atomic E-state index is 0.0232. The number of ether oxygens (including phenoxy) is 1. The fourth-order valence-electron chi connectivity index (χ4n) is 1.46. The highest BCUT2D eigenvalue weighted by atomic mass is 35.5. The lowest BCUT2D eigenvalue weighted by atomic mass is 10.3. The Morgan fingerprint density at radius 2 is 1.86 bits per heavy atom. The molecule has 9 heteroatoms. The molecular weight excluding hydrogens is 359 g/mol. The zero-order valence-corrected chi connectivity index (χ0v) is 13.7. The topological polar surface area (TPSA) is 68.3 Å². The summed E-state index contributed by atoms with van der Waals surface area (Å²) in [6.45, 7) is 0. The van der Waals surface area contributed by atoms with Gasteiger partial charge >= 0.3 is 0 Å². The van der Waals surface area contributed by atoms with E-state index in [4.69, 9.17) is 39.5 Å². The molecule has 0 spiro atoms. The molecule has 1 heterocycles. The Hall–Kier alpha value is -1.21. The molecule has 1 aromatic carbocycles. The molecule has 2 aromatic rings. The van der Waals surface area contributed by atoms with Crippen molar-refractivity contribution in [3.8, 4) is 5.75 Å². The molecule has 2 rings (SSSR count). The second kappa shape index (κ2) is 6.27. The monoisotopic (exact) mass is 366 g/mol. The highest BCUT2D eigenvalue weighted by molar-refractivity contribution is 7.92. The lowest BCUT2D eigenvalue weighted by molar-refractivity contribution is 0.415. The van der Waals surface area contributed by atoms with Crippen LogP contribution in [0.3, 0.4) is 0 Å². The molecule has 0 aliphatic carbocycles. The first-order valence-electron chi connectivity index (χ1n) is 5.51. The van der Waals surface area contributed by atoms with Crippen molar-refractivity contribution in [3.63, 3.8) is 0 Å². The number of nitrogens with one attached hydrogen (secondary N) is 1. The third-order valence-electron chi connectivity index (χ3n) is 2.50. The number of rotatable bonds is 4. The largest absolute Gasteiger partial charge is 0.497 e. The van der Waals surface area contributed by atoms with Gasteiger partial charge in [0, 0.05) is 12.3 Å². The van der Waals surface area contributed by atoms with E-state index in [2.05, 4.69) is 9.71 Å². The van der Waals surface area contributed by atoms with Crippen molar-refractivity contribution in [1.29, 1.82) is 0 Å². The van der Waals surface area contributed by atoms with Gasteiger partial charge in [0.25, 0.3) is 10.0 Å². The number of benzene rings is 1. The van der Waals surface area contributed by atoms with Crippen molar-refractivity contribution < 1.29 is 13.2 Å². The molecule has 0 aliphatic rings. The molecule has 0 fully saturated rings. The van der Waals surface area contributed by atoms with E-state index < -0.39 is 10.0 Å². The van der Waals surface area contributed by atoms with Crippen LogP contribution in [0.15, 0.2) is 35.4 Å². The van der Waals surface area contributed by atoms with Crippen LogP contribution in [-0.2, 0) is 10.0 Å². The SMILES string of the molecule is COc1ccc(Cl)c(NS(=O)(=O)c2cnc(Cl)c(Cl)c2)c1. The molecule has 0 atom stereocenters. The van der Waals surface area contributed by atoms with Crippen LogP contribution in [0.5, 0.6) is 5.75 Å². The van der Waals surface area contributed by atoms with Crippen LogP contribution in [-0.4, -0.2) is 20.5 Å². The molecule has 0 saturated carbocycles. The van der Waals surface area contributed by atoms with Crippen molar-refractivity contribution in [2.45, 2.75) is 4.90 Å². The third-order valence-corrected chi connectivity index (χ3v) is 4.85. The summed E-state index contributed by atoms with van der Waals surface area (Å²) >= 11 is 17.4. The zero-order chi connectivity index (χ0) is 15.6. The van der Waals surface area contributed by atoms with Crippen LogP contribution >= 0.6 is 34.8 Å². The fourth-order valence-corrected chi connectivity index (χ4v) is 3.06. The van der Waals surface area contributed by atoms with Gasteiger partial charge in [-0.05, 0) is 18.2 Å². The number of aromatic nitrogens is 1. The number of nitrogens with zero attached hydrogens (tertiary/aromatic N) is 1. The summed E-state index contributed by atoms with van der Waals surface area (Å²) in [6.07, 6.45) is 1.10. The average molecular weight is 368 g/mol. The van der Waals surface area contributed by atoms with Crippen LogP contribution in [0.25, 0.3) is 0 Å². The number of halogens is 3. The highest BCUT2D eigenvalue weighted by Crippen LogP contribution is 2.29. The predicted octanol–water partition coefficient (Wildman–Crippen LogP) is 3.85. The van der Waals surface area contributed by atoms with E-state index in [-0.39, 0.29) is 25.8 Å². The zero-order valence-electron chi connectivity index (χ0n) is 10.6. The summed E-state index contributed by atoms with van der Waals surface area (Å²) in [5, 5.41) is 0.290. The van der Waals surface area contributed by atoms with Gasteiger partial charge < -0.3 is 4.74 Å². The second-order valence-electron chi connectivity index (χ2n) is 3.89. The molecule has 0 amide bonds. The molecular formula is C12H9Cl3N2O3S. The van der Waals surface area contributed by atoms with Gasteiger partial charge in [0.05, 0.1) is 22.8 Å². The molecule has 0 bridgehead atoms. The van der Waals surface area contributed by atoms with E-state index in [1.54, 1.807) is 6.07 Å². The Labute approximate surface area is 136 Å². The summed E-state index contributed by atoms with van der Waals surface area (Å²) in [5.41, 5.74) is 0.182. The summed E-state index contributed by atoms with van der Waals surface area (Å²) in [6, 6.07) is 5.80. The number of sulfonamides is 1. The minimum atomic E-state index is -3.90. The van der Waals surface area contributed by atoms with Crippen molar-refractivity contribution in [3.05, 3.63) is 45.7 Å². The Morgan fingerprint density at radius 3 is 2.48 bits per heavy atom. The van der Waals surface area contributed by atoms with E-state index in [1.165, 1.54) is 25.3 Å². The van der Waals surface area contributed by atoms with Gasteiger partial charge in [-0.1, -0.05) is 34.8 Å². The number of anilines is 1. The number of hydrogen-bond acceptors (Lipinski definition) is 4. The lowest BCUT2D eigenvalue weighted by Crippen LogP contribution is -2.13. The van der Waals surface area contributed by atoms with E-state index in [1.807, 2.05) is 0 Å². The molecule has 1 N–H and O–H groups in total. The molecule has 0 unspecified atom stereocenters. The smallest absolute Gasteiger partial charge is 0.263 e. The Balaban J connectivity index is 2.39. The summed E-state index contributed by atoms with van der Waals surface area (Å²) < 4.78 is 31.9. The number of hydrogen-bond donors (Lipinski definition) is 1. The molecule has 1 aromatic heterocycles. The fraction of sp³-hybridized carbons (Fsp3) is 0.0833. The van der Waals surface area contributed by atoms with Crippen molar-refractivity contribution in [2.24, 2.45) is 0 Å². The van der Waals surface area contributed by atoms with Gasteiger partial charge in [-0.3, -0.25) is 4.72 Å². The van der Waals surface area contributed by atoms with Crippen molar-refractivity contribution >= 4 is 50.5 Å². The maximum atomic E-state index is 12.3. The molecule has 0 radical (unpaired) electrons. The molecule has 112 valence electrons. The third kappa shape index (κ3) is 3.71. The van der Waals surface area contributed by atoms with Gasteiger partial charge in [0.1, 0.15) is 15.8 Å². The lowest BCUT2D eigenvalue weighted by Gasteiger charge is -2.11. The van der Waals surface area contributed by atoms with Crippen molar-refractivity contribution in [2.75, 3.05) is 11.8 Å². The first-order chi connectivity index (χ1) is 9.83. The van der Waals surface area contributed by atoms with Gasteiger partial charge in [0.2, 0.25) is 0 Å². The quantitative estimate of drug-likeness (QED) is 0.833. The van der Waals surface area contributed by atoms with Gasteiger partial charge in [0.15, 0.2) is 0 Å². The standard InChI is InChI=1S/C12H9Cl3N2O3S/c1-20-7-2-3-9(13)11(4-7)17-21(18,19)8-5-10(14)12(15)16-6-8/h2-6,17H,1H3. The van der Waals surface area contributed by atoms with Crippen LogP contribution in [0.1, 0.15) is 0 Å². The maximum absolute atomic E-state index is 12.3. The van der Waals surface area contributed by atoms with E-state index >= 15 is 0 Å². The second-order valence-corrected chi connectivity index (χ2v) is 6.75. The van der Waals surface area contributed by atoms with E-state index in [0.29, 0.717) is 5.75 Å². The first kappa shape index (κ1) is 16.2. The minimum Gasteiger partial charge on any atom is -0.497 e. The molecule has 0 saturated heterocycles. The predicted molar refractivity (Wildman–Crippen MR) is 83.1 cm³/mol. The van der Waals surface area contributed by atoms with Crippen LogP contribution in [0.4, 0.5) is 5.69 Å². The van der Waals surface area contributed by atoms with Gasteiger partial charge in [-0.15, -0.1) is 0 Å². The van der Waals surface area contributed by atoms with Crippen LogP contribution < -0.4 is 9.46 Å². The first-order valence-corrected chi connectivity index (χ1v) is 8.12. The Kier molecular flexibility index (Phi) is 4.83. The van der Waals surface area contributed by atoms with Crippen LogP contribution in [0.2, 0.25) is 15.2 Å².